The lowest BCUT2D eigenvalue weighted by atomic mass is 10.2. The van der Waals surface area contributed by atoms with Gasteiger partial charge in [-0.2, -0.15) is 18.3 Å². The molecular formula is C17H23BrF3N5O3S. The van der Waals surface area contributed by atoms with Crippen molar-refractivity contribution in [2.75, 3.05) is 19.8 Å². The summed E-state index contributed by atoms with van der Waals surface area (Å²) in [7, 11) is 0. The third-order valence-electron chi connectivity index (χ3n) is 3.54. The molecule has 0 fully saturated rings. The van der Waals surface area contributed by atoms with Gasteiger partial charge in [-0.05, 0) is 36.7 Å². The molecule has 0 saturated heterocycles. The van der Waals surface area contributed by atoms with E-state index in [0.29, 0.717) is 10.3 Å². The van der Waals surface area contributed by atoms with Crippen molar-refractivity contribution in [1.82, 2.24) is 24.3 Å². The van der Waals surface area contributed by atoms with Gasteiger partial charge in [-0.15, -0.1) is 0 Å². The van der Waals surface area contributed by atoms with Crippen LogP contribution in [0.25, 0.3) is 5.65 Å². The Bertz CT molecular complexity index is 857. The monoisotopic (exact) mass is 513 g/mol. The molecule has 2 aromatic heterocycles. The van der Waals surface area contributed by atoms with Crippen molar-refractivity contribution in [2.45, 2.75) is 44.5 Å². The molecule has 1 atom stereocenters. The Morgan fingerprint density at radius 3 is 2.70 bits per heavy atom. The summed E-state index contributed by atoms with van der Waals surface area (Å²) in [5.74, 6) is 0.276. The molecule has 2 heterocycles. The van der Waals surface area contributed by atoms with Gasteiger partial charge in [-0.25, -0.2) is 19.2 Å². The normalized spacial score (nSPS) is 14.2. The fourth-order valence-electron chi connectivity index (χ4n) is 2.06. The Hall–Kier alpha value is -1.57. The van der Waals surface area contributed by atoms with Gasteiger partial charge < -0.3 is 14.0 Å². The first-order valence-corrected chi connectivity index (χ1v) is 10.9. The summed E-state index contributed by atoms with van der Waals surface area (Å²) in [4.78, 5) is 8.23. The highest BCUT2D eigenvalue weighted by Crippen LogP contribution is 2.22. The van der Waals surface area contributed by atoms with Gasteiger partial charge in [0, 0.05) is 6.42 Å². The highest BCUT2D eigenvalue weighted by atomic mass is 79.9. The highest BCUT2D eigenvalue weighted by Gasteiger charge is 2.29. The van der Waals surface area contributed by atoms with Gasteiger partial charge >= 0.3 is 6.18 Å². The van der Waals surface area contributed by atoms with Gasteiger partial charge in [0.15, 0.2) is 0 Å². The maximum Gasteiger partial charge on any atom is 0.392 e. The average molecular weight is 514 g/mol. The summed E-state index contributed by atoms with van der Waals surface area (Å²) in [5, 5.41) is 4.00. The van der Waals surface area contributed by atoms with Crippen LogP contribution in [0.4, 0.5) is 13.2 Å². The van der Waals surface area contributed by atoms with Crippen LogP contribution in [-0.2, 0) is 16.1 Å². The van der Waals surface area contributed by atoms with Gasteiger partial charge in [0.1, 0.15) is 22.3 Å². The first-order chi connectivity index (χ1) is 14.0. The molecule has 13 heteroatoms. The van der Waals surface area contributed by atoms with Gasteiger partial charge in [0.2, 0.25) is 5.65 Å². The molecule has 0 amide bonds. The molecule has 30 heavy (non-hydrogen) atoms. The second-order valence-corrected chi connectivity index (χ2v) is 9.92. The van der Waals surface area contributed by atoms with Crippen molar-refractivity contribution < 1.29 is 27.2 Å². The molecule has 0 saturated carbocycles. The van der Waals surface area contributed by atoms with Crippen LogP contribution in [0.15, 0.2) is 28.9 Å². The predicted octanol–water partition coefficient (Wildman–Crippen LogP) is 3.56. The lowest BCUT2D eigenvalue weighted by Crippen LogP contribution is -2.39. The Balaban J connectivity index is 1.81. The van der Waals surface area contributed by atoms with E-state index in [1.807, 2.05) is 0 Å². The summed E-state index contributed by atoms with van der Waals surface area (Å²) in [6.07, 6.45) is -1.29. The van der Waals surface area contributed by atoms with Gasteiger partial charge in [0.05, 0.1) is 42.9 Å². The lowest BCUT2D eigenvalue weighted by Gasteiger charge is -2.25. The quantitative estimate of drug-likeness (QED) is 0.383. The molecule has 0 aliphatic heterocycles. The molecule has 0 aliphatic carbocycles. The second-order valence-electron chi connectivity index (χ2n) is 7.14. The van der Waals surface area contributed by atoms with Crippen LogP contribution in [0.1, 0.15) is 33.6 Å². The van der Waals surface area contributed by atoms with Crippen molar-refractivity contribution in [3.05, 3.63) is 28.9 Å². The molecule has 2 rings (SSSR count). The third-order valence-corrected chi connectivity index (χ3v) is 5.49. The van der Waals surface area contributed by atoms with E-state index in [0.717, 1.165) is 6.08 Å². The molecule has 1 unspecified atom stereocenters. The standard InChI is InChI=1S/C17H23BrF3N5O3S/c1-16(2,3)30(27)25-12(4-6-17(19,20)21)5-7-28-8-9-29-15-14-22-11-23-26(14)10-13(18)24-15/h4,10-11,25H,5-9H2,1-3H3/b12-4-. The van der Waals surface area contributed by atoms with Gasteiger partial charge in [-0.1, -0.05) is 6.08 Å². The zero-order valence-corrected chi connectivity index (χ0v) is 19.1. The van der Waals surface area contributed by atoms with Crippen LogP contribution in [-0.4, -0.2) is 54.9 Å². The van der Waals surface area contributed by atoms with Gasteiger partial charge in [0.25, 0.3) is 5.88 Å². The van der Waals surface area contributed by atoms with Crippen LogP contribution in [0.2, 0.25) is 0 Å². The molecule has 0 aliphatic rings. The number of allylic oxidation sites excluding steroid dienone is 1. The number of hydrogen-bond donors (Lipinski definition) is 1. The lowest BCUT2D eigenvalue weighted by molar-refractivity contribution is -0.125. The van der Waals surface area contributed by atoms with Crippen LogP contribution in [0, 0.1) is 0 Å². The maximum atomic E-state index is 12.5. The van der Waals surface area contributed by atoms with Crippen molar-refractivity contribution in [1.29, 1.82) is 0 Å². The highest BCUT2D eigenvalue weighted by molar-refractivity contribution is 9.10. The fraction of sp³-hybridized carbons (Fsp3) is 0.588. The SMILES string of the molecule is CC(C)(C)[S+]([O-])N/C(=C\CC(F)(F)F)CCOCCOc1nc(Br)cn2ncnc12. The molecule has 8 nitrogen and oxygen atoms in total. The van der Waals surface area contributed by atoms with Crippen LogP contribution < -0.4 is 9.46 Å². The minimum Gasteiger partial charge on any atom is -0.593 e. The first-order valence-electron chi connectivity index (χ1n) is 8.96. The predicted molar refractivity (Wildman–Crippen MR) is 109 cm³/mol. The number of rotatable bonds is 10. The Morgan fingerprint density at radius 2 is 2.03 bits per heavy atom. The number of halogens is 4. The molecule has 168 valence electrons. The zero-order chi connectivity index (χ0) is 22.4. The number of hydrogen-bond acceptors (Lipinski definition) is 7. The molecule has 1 N–H and O–H groups in total. The molecule has 0 bridgehead atoms. The Morgan fingerprint density at radius 1 is 1.30 bits per heavy atom. The number of alkyl halides is 3. The van der Waals surface area contributed by atoms with E-state index in [-0.39, 0.29) is 37.8 Å². The Labute approximate surface area is 183 Å². The fourth-order valence-corrected chi connectivity index (χ4v) is 3.14. The van der Waals surface area contributed by atoms with E-state index < -0.39 is 28.7 Å². The van der Waals surface area contributed by atoms with E-state index in [9.17, 15) is 17.7 Å². The van der Waals surface area contributed by atoms with Crippen molar-refractivity contribution in [2.24, 2.45) is 0 Å². The first kappa shape index (κ1) is 24.7. The number of ether oxygens (including phenoxy) is 2. The second kappa shape index (κ2) is 10.6. The number of fused-ring (bicyclic) bond motifs is 1. The van der Waals surface area contributed by atoms with E-state index in [1.54, 1.807) is 27.0 Å². The average Bonchev–Trinajstić information content (AvgIpc) is 3.08. The summed E-state index contributed by atoms with van der Waals surface area (Å²) in [6.45, 7) is 5.67. The Kier molecular flexibility index (Phi) is 8.76. The summed E-state index contributed by atoms with van der Waals surface area (Å²) in [5.41, 5.74) is 0.671. The maximum absolute atomic E-state index is 12.5. The molecule has 0 spiro atoms. The van der Waals surface area contributed by atoms with Crippen LogP contribution in [0.5, 0.6) is 5.88 Å². The van der Waals surface area contributed by atoms with Crippen molar-refractivity contribution in [3.63, 3.8) is 0 Å². The van der Waals surface area contributed by atoms with Gasteiger partial charge in [-0.3, -0.25) is 0 Å². The summed E-state index contributed by atoms with van der Waals surface area (Å²) in [6, 6.07) is 0. The largest absolute Gasteiger partial charge is 0.593 e. The van der Waals surface area contributed by atoms with E-state index >= 15 is 0 Å². The zero-order valence-electron chi connectivity index (χ0n) is 16.7. The van der Waals surface area contributed by atoms with Crippen LogP contribution in [0.3, 0.4) is 0 Å². The molecule has 0 aromatic carbocycles. The smallest absolute Gasteiger partial charge is 0.392 e. The number of nitrogens with one attached hydrogen (secondary N) is 1. The number of nitrogens with zero attached hydrogens (tertiary/aromatic N) is 4. The van der Waals surface area contributed by atoms with Crippen molar-refractivity contribution in [3.8, 4) is 5.88 Å². The van der Waals surface area contributed by atoms with E-state index in [4.69, 9.17) is 9.47 Å². The van der Waals surface area contributed by atoms with Crippen LogP contribution >= 0.6 is 15.9 Å². The minimum atomic E-state index is -4.34. The molecular weight excluding hydrogens is 491 g/mol. The summed E-state index contributed by atoms with van der Waals surface area (Å²) < 4.78 is 64.9. The third kappa shape index (κ3) is 8.28. The van der Waals surface area contributed by atoms with E-state index in [1.165, 1.54) is 10.8 Å². The van der Waals surface area contributed by atoms with E-state index in [2.05, 4.69) is 35.7 Å². The number of aromatic nitrogens is 4. The molecule has 2 aromatic rings. The molecule has 0 radical (unpaired) electrons. The van der Waals surface area contributed by atoms with Crippen molar-refractivity contribution >= 4 is 32.9 Å². The minimum absolute atomic E-state index is 0.133. The summed E-state index contributed by atoms with van der Waals surface area (Å²) >= 11 is 1.72. The topological polar surface area (TPSA) is 96.6 Å².